The molecule has 7 nitrogen and oxygen atoms in total. The van der Waals surface area contributed by atoms with Gasteiger partial charge in [0.25, 0.3) is 5.91 Å². The summed E-state index contributed by atoms with van der Waals surface area (Å²) in [4.78, 5) is 21.2. The summed E-state index contributed by atoms with van der Waals surface area (Å²) in [5.74, 6) is 0.238. The van der Waals surface area contributed by atoms with Crippen LogP contribution in [-0.4, -0.2) is 40.2 Å². The van der Waals surface area contributed by atoms with E-state index in [0.29, 0.717) is 52.1 Å². The summed E-state index contributed by atoms with van der Waals surface area (Å²) >= 11 is 1.11. The van der Waals surface area contributed by atoms with Crippen molar-refractivity contribution in [3.8, 4) is 0 Å². The van der Waals surface area contributed by atoms with Gasteiger partial charge >= 0.3 is 6.18 Å². The van der Waals surface area contributed by atoms with Gasteiger partial charge in [-0.3, -0.25) is 4.79 Å². The molecule has 0 spiro atoms. The van der Waals surface area contributed by atoms with Gasteiger partial charge in [-0.05, 0) is 43.3 Å². The third-order valence-electron chi connectivity index (χ3n) is 4.81. The van der Waals surface area contributed by atoms with Gasteiger partial charge < -0.3 is 19.9 Å². The number of benzene rings is 2. The lowest BCUT2D eigenvalue weighted by Gasteiger charge is -2.05. The number of hydrogen-bond donors (Lipinski definition) is 2. The number of carbonyl (C=O) groups is 1. The molecule has 0 radical (unpaired) electrons. The zero-order valence-electron chi connectivity index (χ0n) is 17.3. The number of anilines is 2. The van der Waals surface area contributed by atoms with Crippen molar-refractivity contribution >= 4 is 49.6 Å². The van der Waals surface area contributed by atoms with Crippen LogP contribution in [0.4, 0.5) is 24.3 Å². The lowest BCUT2D eigenvalue weighted by molar-refractivity contribution is -0.137. The number of halogens is 3. The summed E-state index contributed by atoms with van der Waals surface area (Å²) < 4.78 is 46.3. The summed E-state index contributed by atoms with van der Waals surface area (Å²) in [5, 5.41) is 6.28. The van der Waals surface area contributed by atoms with Gasteiger partial charge in [0.1, 0.15) is 0 Å². The quantitative estimate of drug-likeness (QED) is 0.388. The van der Waals surface area contributed by atoms with E-state index in [4.69, 9.17) is 4.74 Å². The first-order valence-corrected chi connectivity index (χ1v) is 10.6. The van der Waals surface area contributed by atoms with Crippen molar-refractivity contribution in [1.82, 2.24) is 19.9 Å². The van der Waals surface area contributed by atoms with Crippen molar-refractivity contribution < 1.29 is 22.7 Å². The Balaban J connectivity index is 1.55. The van der Waals surface area contributed by atoms with Crippen LogP contribution in [0.15, 0.2) is 36.4 Å². The summed E-state index contributed by atoms with van der Waals surface area (Å²) in [6.07, 6.45) is -4.41. The van der Waals surface area contributed by atoms with Gasteiger partial charge in [0.05, 0.1) is 33.4 Å². The summed E-state index contributed by atoms with van der Waals surface area (Å²) in [5.41, 5.74) is 1.62. The van der Waals surface area contributed by atoms with E-state index >= 15 is 0 Å². The molecule has 0 saturated heterocycles. The Labute approximate surface area is 185 Å². The lowest BCUT2D eigenvalue weighted by atomic mass is 10.2. The first-order valence-electron chi connectivity index (χ1n) is 9.83. The Morgan fingerprint density at radius 1 is 1.16 bits per heavy atom. The summed E-state index contributed by atoms with van der Waals surface area (Å²) in [6, 6.07) is 8.64. The van der Waals surface area contributed by atoms with Crippen LogP contribution in [0, 0.1) is 0 Å². The number of alkyl halides is 3. The van der Waals surface area contributed by atoms with E-state index in [0.717, 1.165) is 29.0 Å². The van der Waals surface area contributed by atoms with Gasteiger partial charge in [-0.15, -0.1) is 0 Å². The minimum Gasteiger partial charge on any atom is -0.380 e. The van der Waals surface area contributed by atoms with E-state index < -0.39 is 11.7 Å². The van der Waals surface area contributed by atoms with Crippen LogP contribution < -0.4 is 10.6 Å². The number of hydrogen-bond acceptors (Lipinski definition) is 6. The minimum atomic E-state index is -4.41. The monoisotopic (exact) mass is 463 g/mol. The van der Waals surface area contributed by atoms with Crippen LogP contribution >= 0.6 is 11.3 Å². The van der Waals surface area contributed by atoms with Crippen molar-refractivity contribution in [2.24, 2.45) is 7.05 Å². The zero-order valence-corrected chi connectivity index (χ0v) is 18.1. The van der Waals surface area contributed by atoms with E-state index in [1.54, 1.807) is 29.8 Å². The van der Waals surface area contributed by atoms with Gasteiger partial charge in [0.15, 0.2) is 5.13 Å². The fraction of sp³-hybridized carbons (Fsp3) is 0.286. The minimum absolute atomic E-state index is 0.224. The molecule has 4 aromatic rings. The molecule has 2 aromatic heterocycles. The molecular weight excluding hydrogens is 443 g/mol. The Morgan fingerprint density at radius 3 is 2.72 bits per heavy atom. The molecule has 2 heterocycles. The number of thiazole rings is 1. The van der Waals surface area contributed by atoms with Crippen LogP contribution in [0.2, 0.25) is 0 Å². The Bertz CT molecular complexity index is 1280. The molecule has 0 unspecified atom stereocenters. The molecule has 0 atom stereocenters. The standard InChI is InChI=1S/C21H20F3N5O2S/c1-3-31-9-8-25-18(30)12-4-7-16-15(10-12)26-19(29(16)2)28-20-27-14-6-5-13(21(22,23)24)11-17(14)32-20/h4-7,10-11H,3,8-9H2,1-2H3,(H,25,30)(H,26,27,28). The molecule has 168 valence electrons. The predicted octanol–water partition coefficient (Wildman–Crippen LogP) is 4.71. The number of nitrogens with one attached hydrogen (secondary N) is 2. The molecule has 32 heavy (non-hydrogen) atoms. The molecule has 2 aromatic carbocycles. The van der Waals surface area contributed by atoms with E-state index in [1.807, 2.05) is 6.92 Å². The number of amides is 1. The average Bonchev–Trinajstić information content (AvgIpc) is 3.30. The van der Waals surface area contributed by atoms with Crippen molar-refractivity contribution in [3.63, 3.8) is 0 Å². The van der Waals surface area contributed by atoms with Gasteiger partial charge in [-0.25, -0.2) is 9.97 Å². The summed E-state index contributed by atoms with van der Waals surface area (Å²) in [6.45, 7) is 3.32. The second kappa shape index (κ2) is 8.75. The molecular formula is C21H20F3N5O2S. The maximum atomic E-state index is 13.0. The highest BCUT2D eigenvalue weighted by Crippen LogP contribution is 2.35. The van der Waals surface area contributed by atoms with Crippen LogP contribution in [0.1, 0.15) is 22.8 Å². The topological polar surface area (TPSA) is 81.1 Å². The normalized spacial score (nSPS) is 11.9. The number of nitrogens with zero attached hydrogens (tertiary/aromatic N) is 3. The van der Waals surface area contributed by atoms with Crippen molar-refractivity contribution in [3.05, 3.63) is 47.5 Å². The molecule has 11 heteroatoms. The van der Waals surface area contributed by atoms with Gasteiger partial charge in [0.2, 0.25) is 5.95 Å². The number of rotatable bonds is 7. The predicted molar refractivity (Wildman–Crippen MR) is 117 cm³/mol. The highest BCUT2D eigenvalue weighted by molar-refractivity contribution is 7.22. The molecule has 4 rings (SSSR count). The second-order valence-electron chi connectivity index (χ2n) is 6.98. The van der Waals surface area contributed by atoms with E-state index in [9.17, 15) is 18.0 Å². The third-order valence-corrected chi connectivity index (χ3v) is 5.75. The smallest absolute Gasteiger partial charge is 0.380 e. The summed E-state index contributed by atoms with van der Waals surface area (Å²) in [7, 11) is 1.80. The SMILES string of the molecule is CCOCCNC(=O)c1ccc2c(c1)nc(Nc1nc3ccc(C(F)(F)F)cc3s1)n2C. The first kappa shape index (κ1) is 22.0. The molecule has 0 aliphatic rings. The molecule has 0 bridgehead atoms. The Kier molecular flexibility index (Phi) is 6.02. The maximum Gasteiger partial charge on any atom is 0.416 e. The van der Waals surface area contributed by atoms with E-state index in [2.05, 4.69) is 20.6 Å². The lowest BCUT2D eigenvalue weighted by Crippen LogP contribution is -2.27. The van der Waals surface area contributed by atoms with Crippen LogP contribution in [0.5, 0.6) is 0 Å². The molecule has 0 fully saturated rings. The number of ether oxygens (including phenoxy) is 1. The van der Waals surface area contributed by atoms with Crippen LogP contribution in [0.25, 0.3) is 21.3 Å². The Hall–Kier alpha value is -3.18. The fourth-order valence-corrected chi connectivity index (χ4v) is 4.08. The average molecular weight is 463 g/mol. The van der Waals surface area contributed by atoms with Gasteiger partial charge in [-0.2, -0.15) is 13.2 Å². The largest absolute Gasteiger partial charge is 0.416 e. The Morgan fingerprint density at radius 2 is 1.97 bits per heavy atom. The zero-order chi connectivity index (χ0) is 22.9. The number of imidazole rings is 1. The van der Waals surface area contributed by atoms with Gasteiger partial charge in [-0.1, -0.05) is 11.3 Å². The molecule has 0 saturated carbocycles. The van der Waals surface area contributed by atoms with Crippen LogP contribution in [-0.2, 0) is 18.0 Å². The first-order chi connectivity index (χ1) is 15.3. The van der Waals surface area contributed by atoms with Crippen molar-refractivity contribution in [1.29, 1.82) is 0 Å². The highest BCUT2D eigenvalue weighted by atomic mass is 32.1. The van der Waals surface area contributed by atoms with Crippen LogP contribution in [0.3, 0.4) is 0 Å². The number of aromatic nitrogens is 3. The van der Waals surface area contributed by atoms with Crippen molar-refractivity contribution in [2.75, 3.05) is 25.1 Å². The second-order valence-corrected chi connectivity index (χ2v) is 8.01. The van der Waals surface area contributed by atoms with Crippen molar-refractivity contribution in [2.45, 2.75) is 13.1 Å². The van der Waals surface area contributed by atoms with Gasteiger partial charge in [0, 0.05) is 25.8 Å². The molecule has 0 aliphatic heterocycles. The third kappa shape index (κ3) is 4.53. The number of aryl methyl sites for hydroxylation is 1. The molecule has 0 aliphatic carbocycles. The highest BCUT2D eigenvalue weighted by Gasteiger charge is 2.30. The number of fused-ring (bicyclic) bond motifs is 2. The van der Waals surface area contributed by atoms with E-state index in [1.165, 1.54) is 6.07 Å². The fourth-order valence-electron chi connectivity index (χ4n) is 3.19. The van der Waals surface area contributed by atoms with E-state index in [-0.39, 0.29) is 5.91 Å². The molecule has 2 N–H and O–H groups in total. The maximum absolute atomic E-state index is 13.0. The molecule has 1 amide bonds. The number of carbonyl (C=O) groups excluding carboxylic acids is 1.